The van der Waals surface area contributed by atoms with Gasteiger partial charge < -0.3 is 10.2 Å². The van der Waals surface area contributed by atoms with E-state index in [1.165, 1.54) is 4.88 Å². The van der Waals surface area contributed by atoms with Crippen molar-refractivity contribution in [3.63, 3.8) is 0 Å². The lowest BCUT2D eigenvalue weighted by molar-refractivity contribution is 0.353. The molecule has 0 unspecified atom stereocenters. The molecule has 1 fully saturated rings. The molecule has 0 aromatic carbocycles. The second-order valence-electron chi connectivity index (χ2n) is 5.97. The van der Waals surface area contributed by atoms with Gasteiger partial charge in [-0.05, 0) is 20.3 Å². The lowest BCUT2D eigenvalue weighted by atomic mass is 10.2. The molecule has 1 aliphatic heterocycles. The SMILES string of the molecule is CCc1cnc(CNC(=NC)N2CCS(=O)(=O)C(C)(C)C2)s1.I. The molecule has 0 spiro atoms. The number of aryl methyl sites for hydroxylation is 1. The van der Waals surface area contributed by atoms with Gasteiger partial charge in [0, 0.05) is 31.2 Å². The molecule has 2 heterocycles. The molecule has 1 aliphatic rings. The van der Waals surface area contributed by atoms with Crippen LogP contribution in [0, 0.1) is 0 Å². The summed E-state index contributed by atoms with van der Waals surface area (Å²) in [7, 11) is -1.32. The van der Waals surface area contributed by atoms with Crippen molar-refractivity contribution < 1.29 is 8.42 Å². The van der Waals surface area contributed by atoms with E-state index in [0.717, 1.165) is 17.4 Å². The molecule has 1 aromatic heterocycles. The molecular weight excluding hydrogens is 447 g/mol. The average Bonchev–Trinajstić information content (AvgIpc) is 2.91. The minimum Gasteiger partial charge on any atom is -0.350 e. The third-order valence-electron chi connectivity index (χ3n) is 3.90. The Kier molecular flexibility index (Phi) is 7.27. The summed E-state index contributed by atoms with van der Waals surface area (Å²) in [5, 5.41) is 4.30. The molecule has 0 amide bonds. The van der Waals surface area contributed by atoms with Crippen molar-refractivity contribution >= 4 is 51.1 Å². The first-order valence-corrected chi connectivity index (χ1v) is 9.87. The number of hydrogen-bond acceptors (Lipinski definition) is 5. The standard InChI is InChI=1S/C14H24N4O2S2.HI/c1-5-11-8-16-12(21-11)9-17-13(15-4)18-6-7-22(19,20)14(2,3)10-18;/h8H,5-7,9-10H2,1-4H3,(H,15,17);1H. The molecule has 1 N–H and O–H groups in total. The van der Waals surface area contributed by atoms with Gasteiger partial charge in [0.1, 0.15) is 5.01 Å². The zero-order valence-electron chi connectivity index (χ0n) is 14.0. The molecular formula is C14H25IN4O2S2. The Labute approximate surface area is 159 Å². The molecule has 0 bridgehead atoms. The molecule has 132 valence electrons. The number of aliphatic imine (C=N–C) groups is 1. The number of aromatic nitrogens is 1. The second kappa shape index (κ2) is 8.11. The van der Waals surface area contributed by atoms with E-state index in [1.807, 2.05) is 11.1 Å². The van der Waals surface area contributed by atoms with Crippen molar-refractivity contribution in [2.75, 3.05) is 25.9 Å². The largest absolute Gasteiger partial charge is 0.350 e. The van der Waals surface area contributed by atoms with E-state index in [1.54, 1.807) is 32.2 Å². The number of nitrogens with one attached hydrogen (secondary N) is 1. The summed E-state index contributed by atoms with van der Waals surface area (Å²) in [6.07, 6.45) is 2.89. The zero-order chi connectivity index (χ0) is 16.4. The van der Waals surface area contributed by atoms with Crippen LogP contribution < -0.4 is 5.32 Å². The first kappa shape index (κ1) is 20.6. The summed E-state index contributed by atoms with van der Waals surface area (Å²) >= 11 is 1.69. The second-order valence-corrected chi connectivity index (χ2v) is 9.92. The maximum atomic E-state index is 12.1. The predicted molar refractivity (Wildman–Crippen MR) is 107 cm³/mol. The lowest BCUT2D eigenvalue weighted by Crippen LogP contribution is -2.57. The highest BCUT2D eigenvalue weighted by atomic mass is 127. The molecule has 0 radical (unpaired) electrons. The van der Waals surface area contributed by atoms with Gasteiger partial charge in [0.2, 0.25) is 0 Å². The number of thiazole rings is 1. The highest BCUT2D eigenvalue weighted by Gasteiger charge is 2.40. The summed E-state index contributed by atoms with van der Waals surface area (Å²) in [5.74, 6) is 0.897. The highest BCUT2D eigenvalue weighted by molar-refractivity contribution is 14.0. The molecule has 6 nitrogen and oxygen atoms in total. The number of hydrogen-bond donors (Lipinski definition) is 1. The molecule has 2 rings (SSSR count). The summed E-state index contributed by atoms with van der Waals surface area (Å²) in [4.78, 5) is 11.9. The first-order valence-electron chi connectivity index (χ1n) is 7.40. The Bertz CT molecular complexity index is 655. The number of sulfone groups is 1. The fourth-order valence-electron chi connectivity index (χ4n) is 2.40. The Balaban J connectivity index is 0.00000264. The van der Waals surface area contributed by atoms with E-state index in [9.17, 15) is 8.42 Å². The van der Waals surface area contributed by atoms with E-state index < -0.39 is 14.6 Å². The van der Waals surface area contributed by atoms with E-state index in [4.69, 9.17) is 0 Å². The van der Waals surface area contributed by atoms with Crippen molar-refractivity contribution in [2.24, 2.45) is 4.99 Å². The molecule has 0 aliphatic carbocycles. The zero-order valence-corrected chi connectivity index (χ0v) is 18.0. The number of rotatable bonds is 3. The monoisotopic (exact) mass is 472 g/mol. The number of guanidine groups is 1. The van der Waals surface area contributed by atoms with Crippen molar-refractivity contribution in [1.29, 1.82) is 0 Å². The fraction of sp³-hybridized carbons (Fsp3) is 0.714. The first-order chi connectivity index (χ1) is 10.3. The van der Waals surface area contributed by atoms with Crippen LogP contribution in [0.25, 0.3) is 0 Å². The van der Waals surface area contributed by atoms with Gasteiger partial charge in [-0.1, -0.05) is 6.92 Å². The number of halogens is 1. The molecule has 0 saturated carbocycles. The van der Waals surface area contributed by atoms with Crippen molar-refractivity contribution in [3.05, 3.63) is 16.1 Å². The molecule has 9 heteroatoms. The van der Waals surface area contributed by atoms with Crippen LogP contribution in [-0.2, 0) is 22.8 Å². The Morgan fingerprint density at radius 3 is 2.74 bits per heavy atom. The van der Waals surface area contributed by atoms with E-state index >= 15 is 0 Å². The van der Waals surface area contributed by atoms with Gasteiger partial charge in [0.25, 0.3) is 0 Å². The molecule has 0 atom stereocenters. The number of nitrogens with zero attached hydrogens (tertiary/aromatic N) is 3. The van der Waals surface area contributed by atoms with Gasteiger partial charge in [-0.25, -0.2) is 13.4 Å². The van der Waals surface area contributed by atoms with Gasteiger partial charge in [-0.15, -0.1) is 35.3 Å². The van der Waals surface area contributed by atoms with Crippen LogP contribution in [0.2, 0.25) is 0 Å². The summed E-state index contributed by atoms with van der Waals surface area (Å²) in [6, 6.07) is 0. The minimum atomic E-state index is -3.04. The third kappa shape index (κ3) is 4.79. The Morgan fingerprint density at radius 2 is 2.22 bits per heavy atom. The molecule has 1 aromatic rings. The quantitative estimate of drug-likeness (QED) is 0.414. The fourth-order valence-corrected chi connectivity index (χ4v) is 4.57. The van der Waals surface area contributed by atoms with Gasteiger partial charge in [-0.3, -0.25) is 4.99 Å². The van der Waals surface area contributed by atoms with Crippen LogP contribution in [0.15, 0.2) is 11.2 Å². The van der Waals surface area contributed by atoms with Crippen LogP contribution in [-0.4, -0.2) is 54.9 Å². The maximum absolute atomic E-state index is 12.1. The van der Waals surface area contributed by atoms with E-state index in [2.05, 4.69) is 22.2 Å². The van der Waals surface area contributed by atoms with Crippen molar-refractivity contribution in [2.45, 2.75) is 38.5 Å². The Morgan fingerprint density at radius 1 is 1.52 bits per heavy atom. The summed E-state index contributed by atoms with van der Waals surface area (Å²) in [5.41, 5.74) is 0. The molecule has 1 saturated heterocycles. The summed E-state index contributed by atoms with van der Waals surface area (Å²) in [6.45, 7) is 7.20. The van der Waals surface area contributed by atoms with E-state index in [-0.39, 0.29) is 29.7 Å². The van der Waals surface area contributed by atoms with Gasteiger partial charge in [0.15, 0.2) is 15.8 Å². The smallest absolute Gasteiger partial charge is 0.194 e. The van der Waals surface area contributed by atoms with Crippen LogP contribution in [0.5, 0.6) is 0 Å². The normalized spacial score (nSPS) is 20.0. The van der Waals surface area contributed by atoms with Gasteiger partial charge >= 0.3 is 0 Å². The van der Waals surface area contributed by atoms with Crippen molar-refractivity contribution in [1.82, 2.24) is 15.2 Å². The predicted octanol–water partition coefficient (Wildman–Crippen LogP) is 1.91. The molecule has 23 heavy (non-hydrogen) atoms. The topological polar surface area (TPSA) is 74.7 Å². The highest BCUT2D eigenvalue weighted by Crippen LogP contribution is 2.23. The van der Waals surface area contributed by atoms with Crippen LogP contribution in [0.3, 0.4) is 0 Å². The van der Waals surface area contributed by atoms with Crippen LogP contribution >= 0.6 is 35.3 Å². The van der Waals surface area contributed by atoms with Crippen LogP contribution in [0.4, 0.5) is 0 Å². The van der Waals surface area contributed by atoms with Gasteiger partial charge in [-0.2, -0.15) is 0 Å². The average molecular weight is 472 g/mol. The minimum absolute atomic E-state index is 0. The van der Waals surface area contributed by atoms with Crippen molar-refractivity contribution in [3.8, 4) is 0 Å². The van der Waals surface area contributed by atoms with E-state index in [0.29, 0.717) is 19.6 Å². The van der Waals surface area contributed by atoms with Crippen LogP contribution in [0.1, 0.15) is 30.7 Å². The summed E-state index contributed by atoms with van der Waals surface area (Å²) < 4.78 is 23.4. The lowest BCUT2D eigenvalue weighted by Gasteiger charge is -2.39. The van der Waals surface area contributed by atoms with Gasteiger partial charge in [0.05, 0.1) is 17.0 Å². The Hall–Kier alpha value is -0.420. The maximum Gasteiger partial charge on any atom is 0.194 e. The third-order valence-corrected chi connectivity index (χ3v) is 7.58.